The topological polar surface area (TPSA) is 124 Å². The van der Waals surface area contributed by atoms with Crippen molar-refractivity contribution in [1.82, 2.24) is 15.1 Å². The molecule has 3 N–H and O–H groups in total. The highest BCUT2D eigenvalue weighted by atomic mass is 32.2. The Balaban J connectivity index is 1.59. The standard InChI is InChI=1S/C27H41N3O5S/c1-15(10-18-11-22(36-6)30(5)29-18)19-12-20-27(4,28-20)9-7-8-17-14-26(3,21(31)13-23(32)35-19)25(34)16(2)24(17)33/h10-11,16-17,19-21,24,28,31,33H,7-9,12-14H2,1-6H3/b15-10+/t16-,17-,19+,20+,21+,24-,26-,27-/m1/s1. The van der Waals surface area contributed by atoms with E-state index in [0.29, 0.717) is 12.8 Å². The van der Waals surface area contributed by atoms with E-state index in [4.69, 9.17) is 4.74 Å². The minimum absolute atomic E-state index is 0.0457. The number of nitrogens with one attached hydrogen (secondary N) is 1. The zero-order chi connectivity index (χ0) is 26.4. The van der Waals surface area contributed by atoms with Gasteiger partial charge in [0.15, 0.2) is 0 Å². The Morgan fingerprint density at radius 2 is 2.06 bits per heavy atom. The molecule has 1 aromatic rings. The third kappa shape index (κ3) is 5.30. The van der Waals surface area contributed by atoms with Crippen molar-refractivity contribution in [2.75, 3.05) is 6.26 Å². The average Bonchev–Trinajstić information content (AvgIpc) is 3.31. The molecule has 8 atom stereocenters. The van der Waals surface area contributed by atoms with E-state index in [9.17, 15) is 19.8 Å². The van der Waals surface area contributed by atoms with Crippen molar-refractivity contribution in [2.45, 2.75) is 101 Å². The first kappa shape index (κ1) is 27.4. The van der Waals surface area contributed by atoms with Crippen LogP contribution < -0.4 is 5.32 Å². The van der Waals surface area contributed by atoms with E-state index in [1.807, 2.05) is 37.1 Å². The van der Waals surface area contributed by atoms with E-state index in [-0.39, 0.29) is 29.7 Å². The molecule has 0 spiro atoms. The van der Waals surface area contributed by atoms with Crippen molar-refractivity contribution in [2.24, 2.45) is 24.3 Å². The van der Waals surface area contributed by atoms with Gasteiger partial charge in [-0.1, -0.05) is 20.3 Å². The molecule has 36 heavy (non-hydrogen) atoms. The van der Waals surface area contributed by atoms with Crippen LogP contribution in [0.1, 0.15) is 71.9 Å². The number of nitrogens with zero attached hydrogens (tertiary/aromatic N) is 2. The van der Waals surface area contributed by atoms with Crippen LogP contribution >= 0.6 is 11.8 Å². The second-order valence-corrected chi connectivity index (χ2v) is 12.4. The van der Waals surface area contributed by atoms with Gasteiger partial charge in [0.05, 0.1) is 34.8 Å². The first-order valence-corrected chi connectivity index (χ1v) is 14.2. The monoisotopic (exact) mass is 519 g/mol. The van der Waals surface area contributed by atoms with E-state index in [1.165, 1.54) is 0 Å². The Morgan fingerprint density at radius 3 is 2.72 bits per heavy atom. The summed E-state index contributed by atoms with van der Waals surface area (Å²) in [5.74, 6) is -1.35. The predicted molar refractivity (Wildman–Crippen MR) is 139 cm³/mol. The van der Waals surface area contributed by atoms with Crippen molar-refractivity contribution in [3.05, 3.63) is 17.3 Å². The van der Waals surface area contributed by atoms with Gasteiger partial charge in [-0.05, 0) is 63.0 Å². The number of rotatable bonds is 3. The van der Waals surface area contributed by atoms with Gasteiger partial charge in [0.2, 0.25) is 0 Å². The molecule has 0 aromatic carbocycles. The number of cyclic esters (lactones) is 1. The normalized spacial score (nSPS) is 40.3. The Kier molecular flexibility index (Phi) is 7.78. The van der Waals surface area contributed by atoms with Crippen LogP contribution in [0.4, 0.5) is 0 Å². The van der Waals surface area contributed by atoms with Crippen LogP contribution in [0.2, 0.25) is 0 Å². The maximum absolute atomic E-state index is 13.2. The maximum atomic E-state index is 13.2. The Labute approximate surface area is 218 Å². The number of aromatic nitrogens is 2. The molecule has 0 radical (unpaired) electrons. The number of carbonyl (C=O) groups excluding carboxylic acids is 2. The lowest BCUT2D eigenvalue weighted by Crippen LogP contribution is -2.54. The molecule has 2 saturated heterocycles. The summed E-state index contributed by atoms with van der Waals surface area (Å²) in [6, 6.07) is 2.21. The number of hydrogen-bond donors (Lipinski definition) is 3. The smallest absolute Gasteiger partial charge is 0.309 e. The van der Waals surface area contributed by atoms with E-state index < -0.39 is 35.6 Å². The summed E-state index contributed by atoms with van der Waals surface area (Å²) in [7, 11) is 1.90. The number of thioether (sulfide) groups is 1. The van der Waals surface area contributed by atoms with Crippen LogP contribution in [-0.2, 0) is 21.4 Å². The molecule has 3 aliphatic rings. The van der Waals surface area contributed by atoms with Gasteiger partial charge in [0.25, 0.3) is 0 Å². The van der Waals surface area contributed by atoms with Gasteiger partial charge in [-0.3, -0.25) is 14.3 Å². The van der Waals surface area contributed by atoms with E-state index in [0.717, 1.165) is 35.6 Å². The lowest BCUT2D eigenvalue weighted by molar-refractivity contribution is -0.161. The van der Waals surface area contributed by atoms with Gasteiger partial charge in [-0.25, -0.2) is 0 Å². The second kappa shape index (κ2) is 10.2. The molecule has 0 unspecified atom stereocenters. The van der Waals surface area contributed by atoms with E-state index in [2.05, 4.69) is 17.3 Å². The number of carbonyl (C=O) groups is 2. The van der Waals surface area contributed by atoms with Crippen LogP contribution in [0.25, 0.3) is 6.08 Å². The second-order valence-electron chi connectivity index (χ2n) is 11.6. The van der Waals surface area contributed by atoms with Crippen molar-refractivity contribution < 1.29 is 24.5 Å². The molecule has 4 rings (SSSR count). The molecule has 3 heterocycles. The average molecular weight is 520 g/mol. The Hall–Kier alpha value is -1.68. The SMILES string of the molecule is CSc1cc(/C=C(\C)[C@@H]2C[C@@H]3N[C@]3(C)CCC[C@@H]3C[C@@](C)(C(=O)[C@H](C)[C@H]3O)[C@@H](O)CC(=O)O2)nn1C. The highest BCUT2D eigenvalue weighted by Crippen LogP contribution is 2.46. The molecule has 1 aliphatic carbocycles. The van der Waals surface area contributed by atoms with Gasteiger partial charge in [-0.2, -0.15) is 5.10 Å². The molecule has 200 valence electrons. The first-order valence-electron chi connectivity index (χ1n) is 13.0. The minimum Gasteiger partial charge on any atom is -0.458 e. The molecule has 1 aromatic heterocycles. The number of esters is 1. The number of aliphatic hydroxyl groups is 2. The molecule has 0 amide bonds. The molecular formula is C27H41N3O5S. The van der Waals surface area contributed by atoms with Gasteiger partial charge in [0, 0.05) is 31.0 Å². The zero-order valence-electron chi connectivity index (χ0n) is 22.3. The highest BCUT2D eigenvalue weighted by molar-refractivity contribution is 7.98. The highest BCUT2D eigenvalue weighted by Gasteiger charge is 2.53. The van der Waals surface area contributed by atoms with E-state index >= 15 is 0 Å². The van der Waals surface area contributed by atoms with Crippen molar-refractivity contribution in [3.63, 3.8) is 0 Å². The van der Waals surface area contributed by atoms with Crippen LogP contribution in [0.15, 0.2) is 16.7 Å². The number of ether oxygens (including phenoxy) is 1. The minimum atomic E-state index is -1.16. The number of hydrogen-bond acceptors (Lipinski definition) is 8. The summed E-state index contributed by atoms with van der Waals surface area (Å²) < 4.78 is 7.79. The predicted octanol–water partition coefficient (Wildman–Crippen LogP) is 3.10. The summed E-state index contributed by atoms with van der Waals surface area (Å²) in [4.78, 5) is 26.2. The van der Waals surface area contributed by atoms with Crippen LogP contribution in [0.5, 0.6) is 0 Å². The van der Waals surface area contributed by atoms with Crippen molar-refractivity contribution >= 4 is 29.6 Å². The molecule has 8 nitrogen and oxygen atoms in total. The van der Waals surface area contributed by atoms with Crippen LogP contribution in [0.3, 0.4) is 0 Å². The molecule has 9 heteroatoms. The third-order valence-corrected chi connectivity index (χ3v) is 9.69. The van der Waals surface area contributed by atoms with Crippen LogP contribution in [0, 0.1) is 17.3 Å². The number of aryl methyl sites for hydroxylation is 1. The van der Waals surface area contributed by atoms with Crippen LogP contribution in [-0.4, -0.2) is 67.9 Å². The molecule has 3 fully saturated rings. The summed E-state index contributed by atoms with van der Waals surface area (Å²) in [6.07, 6.45) is 5.00. The summed E-state index contributed by atoms with van der Waals surface area (Å²) in [5, 5.41) is 31.1. The quantitative estimate of drug-likeness (QED) is 0.316. The number of Topliss-reactive ketones (excluding diaryl/α,β-unsaturated/α-hetero) is 1. The number of fused-ring (bicyclic) bond motifs is 3. The first-order chi connectivity index (χ1) is 16.9. The number of aliphatic hydroxyl groups excluding tert-OH is 2. The lowest BCUT2D eigenvalue weighted by atomic mass is 9.60. The number of ketones is 1. The fraction of sp³-hybridized carbons (Fsp3) is 0.741. The maximum Gasteiger partial charge on any atom is 0.309 e. The van der Waals surface area contributed by atoms with E-state index in [1.54, 1.807) is 25.6 Å². The van der Waals surface area contributed by atoms with Gasteiger partial charge in [-0.15, -0.1) is 11.8 Å². The Bertz CT molecular complexity index is 1040. The van der Waals surface area contributed by atoms with Crippen molar-refractivity contribution in [3.8, 4) is 0 Å². The van der Waals surface area contributed by atoms with Gasteiger partial charge in [0.1, 0.15) is 11.9 Å². The molecule has 2 aliphatic heterocycles. The fourth-order valence-corrected chi connectivity index (χ4v) is 6.81. The molecule has 2 bridgehead atoms. The fourth-order valence-electron chi connectivity index (χ4n) is 6.27. The Morgan fingerprint density at radius 1 is 1.33 bits per heavy atom. The third-order valence-electron chi connectivity index (χ3n) is 8.89. The zero-order valence-corrected chi connectivity index (χ0v) is 23.1. The largest absolute Gasteiger partial charge is 0.458 e. The molecular weight excluding hydrogens is 478 g/mol. The van der Waals surface area contributed by atoms with Crippen molar-refractivity contribution in [1.29, 1.82) is 0 Å². The lowest BCUT2D eigenvalue weighted by Gasteiger charge is -2.45. The summed E-state index contributed by atoms with van der Waals surface area (Å²) in [5.41, 5.74) is 0.568. The molecule has 1 saturated carbocycles. The van der Waals surface area contributed by atoms with Gasteiger partial charge >= 0.3 is 5.97 Å². The summed E-state index contributed by atoms with van der Waals surface area (Å²) >= 11 is 1.62. The summed E-state index contributed by atoms with van der Waals surface area (Å²) in [6.45, 7) is 7.61. The van der Waals surface area contributed by atoms with Gasteiger partial charge < -0.3 is 20.3 Å².